The van der Waals surface area contributed by atoms with Crippen LogP contribution in [0.4, 0.5) is 0 Å². The van der Waals surface area contributed by atoms with Crippen LogP contribution in [0.25, 0.3) is 16.5 Å². The number of halogens is 1. The normalized spacial score (nSPS) is 17.7. The highest BCUT2D eigenvalue weighted by Gasteiger charge is 2.46. The first-order valence-corrected chi connectivity index (χ1v) is 10.9. The molecule has 1 fully saturated rings. The van der Waals surface area contributed by atoms with E-state index in [2.05, 4.69) is 0 Å². The molecule has 0 saturated carbocycles. The van der Waals surface area contributed by atoms with E-state index in [1.807, 2.05) is 42.5 Å². The van der Waals surface area contributed by atoms with Gasteiger partial charge in [-0.2, -0.15) is 0 Å². The fraction of sp³-hybridized carbons (Fsp3) is 0.231. The average Bonchev–Trinajstić information content (AvgIpc) is 3.08. The van der Waals surface area contributed by atoms with Crippen molar-refractivity contribution in [2.45, 2.75) is 12.5 Å². The van der Waals surface area contributed by atoms with Gasteiger partial charge in [-0.15, -0.1) is 0 Å². The van der Waals surface area contributed by atoms with Gasteiger partial charge in [-0.05, 0) is 41.0 Å². The Hall–Kier alpha value is -3.35. The maximum absolute atomic E-state index is 13.2. The third kappa shape index (κ3) is 4.19. The number of methoxy groups -OCH3 is 2. The molecule has 170 valence electrons. The van der Waals surface area contributed by atoms with Crippen LogP contribution < -0.4 is 4.74 Å². The van der Waals surface area contributed by atoms with E-state index in [1.54, 1.807) is 19.2 Å². The van der Waals surface area contributed by atoms with E-state index in [1.165, 1.54) is 18.1 Å². The number of carbonyl (C=O) groups excluding carboxylic acids is 2. The predicted molar refractivity (Wildman–Crippen MR) is 127 cm³/mol. The van der Waals surface area contributed by atoms with Crippen LogP contribution in [0, 0.1) is 0 Å². The maximum Gasteiger partial charge on any atom is 0.295 e. The van der Waals surface area contributed by atoms with Gasteiger partial charge in [0.15, 0.2) is 0 Å². The van der Waals surface area contributed by atoms with Crippen LogP contribution >= 0.6 is 11.6 Å². The third-order valence-electron chi connectivity index (χ3n) is 5.83. The molecule has 0 radical (unpaired) electrons. The van der Waals surface area contributed by atoms with Gasteiger partial charge in [0, 0.05) is 25.8 Å². The van der Waals surface area contributed by atoms with E-state index < -0.39 is 17.7 Å². The second kappa shape index (κ2) is 9.65. The molecule has 4 rings (SSSR count). The van der Waals surface area contributed by atoms with Gasteiger partial charge in [0.05, 0.1) is 23.7 Å². The van der Waals surface area contributed by atoms with Crippen molar-refractivity contribution in [1.29, 1.82) is 0 Å². The second-order valence-electron chi connectivity index (χ2n) is 7.76. The SMILES string of the molecule is COCCCN1C(=O)C(=O)/C(=C(\O)c2ccc(OC)c(Cl)c2)C1c1cccc2ccccc12. The van der Waals surface area contributed by atoms with Gasteiger partial charge in [-0.3, -0.25) is 9.59 Å². The molecule has 1 unspecified atom stereocenters. The summed E-state index contributed by atoms with van der Waals surface area (Å²) in [5.41, 5.74) is 1.14. The zero-order valence-electron chi connectivity index (χ0n) is 18.4. The number of carbonyl (C=O) groups is 2. The van der Waals surface area contributed by atoms with E-state index >= 15 is 0 Å². The summed E-state index contributed by atoms with van der Waals surface area (Å²) in [6, 6.07) is 17.5. The van der Waals surface area contributed by atoms with E-state index in [4.69, 9.17) is 21.1 Å². The lowest BCUT2D eigenvalue weighted by molar-refractivity contribution is -0.140. The molecule has 0 aliphatic carbocycles. The Kier molecular flexibility index (Phi) is 6.67. The number of hydrogen-bond donors (Lipinski definition) is 1. The third-order valence-corrected chi connectivity index (χ3v) is 6.13. The fourth-order valence-corrected chi connectivity index (χ4v) is 4.53. The molecular formula is C26H24ClNO5. The van der Waals surface area contributed by atoms with Crippen molar-refractivity contribution in [3.05, 3.63) is 82.4 Å². The lowest BCUT2D eigenvalue weighted by Gasteiger charge is -2.26. The molecule has 0 spiro atoms. The number of hydrogen-bond acceptors (Lipinski definition) is 5. The van der Waals surface area contributed by atoms with Crippen LogP contribution in [0.15, 0.2) is 66.2 Å². The Bertz CT molecular complexity index is 1250. The quantitative estimate of drug-likeness (QED) is 0.231. The summed E-state index contributed by atoms with van der Waals surface area (Å²) >= 11 is 6.26. The minimum Gasteiger partial charge on any atom is -0.507 e. The zero-order valence-corrected chi connectivity index (χ0v) is 19.1. The van der Waals surface area contributed by atoms with Crippen LogP contribution in [0.1, 0.15) is 23.6 Å². The Morgan fingerprint density at radius 1 is 1.06 bits per heavy atom. The minimum absolute atomic E-state index is 0.0370. The lowest BCUT2D eigenvalue weighted by atomic mass is 9.91. The first-order chi connectivity index (χ1) is 16.0. The van der Waals surface area contributed by atoms with Crippen LogP contribution in [0.3, 0.4) is 0 Å². The Morgan fingerprint density at radius 2 is 1.82 bits per heavy atom. The summed E-state index contributed by atoms with van der Waals surface area (Å²) in [4.78, 5) is 27.8. The minimum atomic E-state index is -0.742. The highest BCUT2D eigenvalue weighted by atomic mass is 35.5. The zero-order chi connectivity index (χ0) is 23.5. The maximum atomic E-state index is 13.2. The molecule has 7 heteroatoms. The standard InChI is InChI=1S/C26H24ClNO5/c1-32-14-6-13-28-23(19-10-5-8-16-7-3-4-9-18(16)19)22(25(30)26(28)31)24(29)17-11-12-21(33-2)20(27)15-17/h3-5,7-12,15,23,29H,6,13-14H2,1-2H3/b24-22-. The molecule has 3 aromatic carbocycles. The average molecular weight is 466 g/mol. The molecule has 3 aromatic rings. The number of Topliss-reactive ketones (excluding diaryl/α,β-unsaturated/α-hetero) is 1. The molecule has 1 saturated heterocycles. The van der Waals surface area contributed by atoms with E-state index in [0.29, 0.717) is 30.9 Å². The van der Waals surface area contributed by atoms with Crippen LogP contribution in [-0.4, -0.2) is 49.1 Å². The number of likely N-dealkylation sites (tertiary alicyclic amines) is 1. The Labute approximate surface area is 197 Å². The number of aliphatic hydroxyl groups excluding tert-OH is 1. The molecule has 33 heavy (non-hydrogen) atoms. The molecular weight excluding hydrogens is 442 g/mol. The molecule has 1 amide bonds. The summed E-state index contributed by atoms with van der Waals surface area (Å²) < 4.78 is 10.3. The van der Waals surface area contributed by atoms with Gasteiger partial charge in [0.1, 0.15) is 11.5 Å². The van der Waals surface area contributed by atoms with Gasteiger partial charge in [-0.25, -0.2) is 0 Å². The van der Waals surface area contributed by atoms with Gasteiger partial charge in [0.2, 0.25) is 0 Å². The van der Waals surface area contributed by atoms with Crippen LogP contribution in [-0.2, 0) is 14.3 Å². The highest BCUT2D eigenvalue weighted by molar-refractivity contribution is 6.46. The topological polar surface area (TPSA) is 76.1 Å². The number of benzene rings is 3. The molecule has 1 aliphatic heterocycles. The molecule has 1 atom stereocenters. The molecule has 0 bridgehead atoms. The van der Waals surface area contributed by atoms with Crippen molar-refractivity contribution < 1.29 is 24.2 Å². The van der Waals surface area contributed by atoms with Crippen molar-refractivity contribution in [3.8, 4) is 5.75 Å². The van der Waals surface area contributed by atoms with Crippen molar-refractivity contribution in [3.63, 3.8) is 0 Å². The second-order valence-corrected chi connectivity index (χ2v) is 8.16. The Balaban J connectivity index is 1.91. The first kappa shape index (κ1) is 22.8. The van der Waals surface area contributed by atoms with Crippen LogP contribution in [0.2, 0.25) is 5.02 Å². The predicted octanol–water partition coefficient (Wildman–Crippen LogP) is 4.96. The number of aliphatic hydroxyl groups is 1. The summed E-state index contributed by atoms with van der Waals surface area (Å²) in [6.07, 6.45) is 0.555. The van der Waals surface area contributed by atoms with Crippen molar-refractivity contribution >= 4 is 39.8 Å². The van der Waals surface area contributed by atoms with Gasteiger partial charge >= 0.3 is 0 Å². The summed E-state index contributed by atoms with van der Waals surface area (Å²) in [7, 11) is 3.08. The summed E-state index contributed by atoms with van der Waals surface area (Å²) in [5, 5.41) is 13.4. The number of amides is 1. The lowest BCUT2D eigenvalue weighted by Crippen LogP contribution is -2.31. The number of rotatable bonds is 7. The van der Waals surface area contributed by atoms with Crippen LogP contribution in [0.5, 0.6) is 5.75 Å². The van der Waals surface area contributed by atoms with E-state index in [-0.39, 0.29) is 16.4 Å². The van der Waals surface area contributed by atoms with Crippen molar-refractivity contribution in [1.82, 2.24) is 4.90 Å². The molecule has 0 aromatic heterocycles. The molecule has 6 nitrogen and oxygen atoms in total. The summed E-state index contributed by atoms with van der Waals surface area (Å²) in [6.45, 7) is 0.756. The molecule has 1 aliphatic rings. The highest BCUT2D eigenvalue weighted by Crippen LogP contribution is 2.42. The largest absolute Gasteiger partial charge is 0.507 e. The van der Waals surface area contributed by atoms with Gasteiger partial charge in [-0.1, -0.05) is 54.1 Å². The number of ether oxygens (including phenoxy) is 2. The van der Waals surface area contributed by atoms with Gasteiger partial charge in [0.25, 0.3) is 11.7 Å². The molecule has 1 N–H and O–H groups in total. The monoisotopic (exact) mass is 465 g/mol. The van der Waals surface area contributed by atoms with Crippen molar-refractivity contribution in [2.75, 3.05) is 27.4 Å². The number of fused-ring (bicyclic) bond motifs is 1. The van der Waals surface area contributed by atoms with E-state index in [0.717, 1.165) is 16.3 Å². The summed E-state index contributed by atoms with van der Waals surface area (Å²) in [5.74, 6) is -1.20. The van der Waals surface area contributed by atoms with Gasteiger partial charge < -0.3 is 19.5 Å². The Morgan fingerprint density at radius 3 is 2.55 bits per heavy atom. The fourth-order valence-electron chi connectivity index (χ4n) is 4.27. The smallest absolute Gasteiger partial charge is 0.295 e. The van der Waals surface area contributed by atoms with Crippen molar-refractivity contribution in [2.24, 2.45) is 0 Å². The molecule has 1 heterocycles. The van der Waals surface area contributed by atoms with E-state index in [9.17, 15) is 14.7 Å². The number of ketones is 1. The first-order valence-electron chi connectivity index (χ1n) is 10.6. The number of nitrogens with zero attached hydrogens (tertiary/aromatic N) is 1.